The third-order valence-electron chi connectivity index (χ3n) is 12.6. The molecule has 0 aromatic rings. The summed E-state index contributed by atoms with van der Waals surface area (Å²) < 4.78 is 5.36. The predicted molar refractivity (Wildman–Crippen MR) is 164 cm³/mol. The number of ether oxygens (including phenoxy) is 1. The number of rotatable bonds is 10. The fourth-order valence-electron chi connectivity index (χ4n) is 10.0. The molecule has 0 heterocycles. The second kappa shape index (κ2) is 14.2. The zero-order chi connectivity index (χ0) is 28.1. The van der Waals surface area contributed by atoms with Gasteiger partial charge in [-0.2, -0.15) is 0 Å². The maximum atomic E-state index is 9.49. The van der Waals surface area contributed by atoms with E-state index in [1.807, 2.05) is 0 Å². The van der Waals surface area contributed by atoms with Crippen molar-refractivity contribution in [1.29, 1.82) is 0 Å². The minimum absolute atomic E-state index is 0.349. The molecule has 0 bridgehead atoms. The molecule has 2 unspecified atom stereocenters. The highest BCUT2D eigenvalue weighted by molar-refractivity contribution is 5.09. The van der Waals surface area contributed by atoms with Crippen LogP contribution >= 0.6 is 0 Å². The van der Waals surface area contributed by atoms with E-state index in [1.165, 1.54) is 64.2 Å². The lowest BCUT2D eigenvalue weighted by Gasteiger charge is -2.61. The Morgan fingerprint density at radius 2 is 1.34 bits per heavy atom. The van der Waals surface area contributed by atoms with Crippen LogP contribution in [0.3, 0.4) is 0 Å². The van der Waals surface area contributed by atoms with Gasteiger partial charge in [0.25, 0.3) is 0 Å². The highest BCUT2D eigenvalue weighted by Crippen LogP contribution is 2.68. The first-order valence-electron chi connectivity index (χ1n) is 17.1. The first kappa shape index (κ1) is 32.4. The van der Waals surface area contributed by atoms with Crippen LogP contribution in [0.1, 0.15) is 139 Å². The Morgan fingerprint density at radius 3 is 1.97 bits per heavy atom. The second-order valence-corrected chi connectivity index (χ2v) is 16.1. The molecule has 10 atom stereocenters. The van der Waals surface area contributed by atoms with Gasteiger partial charge in [-0.3, -0.25) is 0 Å². The van der Waals surface area contributed by atoms with Crippen LogP contribution in [-0.2, 0) is 4.74 Å². The van der Waals surface area contributed by atoms with Gasteiger partial charge >= 0.3 is 0 Å². The van der Waals surface area contributed by atoms with Crippen molar-refractivity contribution in [2.75, 3.05) is 19.8 Å². The fraction of sp³-hybridized carbons (Fsp3) is 1.00. The zero-order valence-corrected chi connectivity index (χ0v) is 27.2. The largest absolute Gasteiger partial charge is 0.396 e. The Bertz CT molecular complexity index is 679. The molecule has 0 saturated heterocycles. The molecule has 4 rings (SSSR count). The molecule has 0 aromatic carbocycles. The normalized spacial score (nSPS) is 39.0. The summed E-state index contributed by atoms with van der Waals surface area (Å²) in [5, 5.41) is 9.49. The minimum Gasteiger partial charge on any atom is -0.396 e. The van der Waals surface area contributed by atoms with E-state index in [9.17, 15) is 5.11 Å². The molecule has 224 valence electrons. The Morgan fingerprint density at radius 1 is 0.684 bits per heavy atom. The second-order valence-electron chi connectivity index (χ2n) is 16.1. The van der Waals surface area contributed by atoms with Crippen molar-refractivity contribution in [2.24, 2.45) is 70.0 Å². The maximum absolute atomic E-state index is 9.49. The molecule has 38 heavy (non-hydrogen) atoms. The molecule has 4 aliphatic carbocycles. The molecular weight excluding hydrogens is 464 g/mol. The Hall–Kier alpha value is -0.0800. The molecule has 0 amide bonds. The monoisotopic (exact) mass is 533 g/mol. The molecule has 4 saturated carbocycles. The molecule has 1 N–H and O–H groups in total. The maximum Gasteiger partial charge on any atom is 0.0489 e. The van der Waals surface area contributed by atoms with Crippen LogP contribution in [0.15, 0.2) is 0 Å². The van der Waals surface area contributed by atoms with Crippen molar-refractivity contribution in [3.63, 3.8) is 0 Å². The van der Waals surface area contributed by atoms with E-state index in [-0.39, 0.29) is 0 Å². The van der Waals surface area contributed by atoms with Gasteiger partial charge in [0.15, 0.2) is 0 Å². The lowest BCUT2D eigenvalue weighted by atomic mass is 9.44. The van der Waals surface area contributed by atoms with Gasteiger partial charge in [0.2, 0.25) is 0 Å². The minimum atomic E-state index is 0.349. The standard InChI is InChI=1S/C28H50O.C8H18O/c1-19(21(3)18-29)9-10-20(2)24-13-14-25-23-12-11-22-8-6-7-16-27(22,4)26(23)15-17-28(24,25)5;1-7(2)5-9-6-8(3)4/h19-26,29H,6-18H2,1-5H3;7-8H,5-6H2,1-4H3/t19-,20+,21?,22?,23-,24+,25-,26-,27-,28+;/m0./s1. The molecule has 2 heteroatoms. The quantitative estimate of drug-likeness (QED) is 0.303. The number of aliphatic hydroxyl groups excluding tert-OH is 1. The summed E-state index contributed by atoms with van der Waals surface area (Å²) in [5.41, 5.74) is 1.30. The van der Waals surface area contributed by atoms with Crippen molar-refractivity contribution in [2.45, 2.75) is 139 Å². The first-order valence-corrected chi connectivity index (χ1v) is 17.1. The Balaban J connectivity index is 0.000000383. The predicted octanol–water partition coefficient (Wildman–Crippen LogP) is 10.0. The van der Waals surface area contributed by atoms with E-state index in [0.29, 0.717) is 41.1 Å². The highest BCUT2D eigenvalue weighted by atomic mass is 16.5. The van der Waals surface area contributed by atoms with Gasteiger partial charge in [0.05, 0.1) is 0 Å². The molecule has 0 radical (unpaired) electrons. The zero-order valence-electron chi connectivity index (χ0n) is 27.2. The first-order chi connectivity index (χ1) is 17.9. The summed E-state index contributed by atoms with van der Waals surface area (Å²) in [4.78, 5) is 0. The van der Waals surface area contributed by atoms with Crippen LogP contribution in [-0.4, -0.2) is 24.9 Å². The number of fused-ring (bicyclic) bond motifs is 5. The average molecular weight is 533 g/mol. The number of aliphatic hydroxyl groups is 1. The summed E-state index contributed by atoms with van der Waals surface area (Å²) in [6, 6.07) is 0. The van der Waals surface area contributed by atoms with Gasteiger partial charge in [-0.15, -0.1) is 0 Å². The lowest BCUT2D eigenvalue weighted by molar-refractivity contribution is -0.114. The fourth-order valence-corrected chi connectivity index (χ4v) is 10.0. The SMILES string of the molecule is CC(C)COCC(C)C.CC(CO)[C@@H](C)CC[C@@H](C)[C@H]1CC[C@H]2[C@@H]3CCC4CCCC[C@]4(C)[C@H]3CC[C@]12C. The summed E-state index contributed by atoms with van der Waals surface area (Å²) in [6.45, 7) is 23.4. The Labute approximate surface area is 238 Å². The highest BCUT2D eigenvalue weighted by Gasteiger charge is 2.60. The van der Waals surface area contributed by atoms with Crippen LogP contribution in [0.5, 0.6) is 0 Å². The van der Waals surface area contributed by atoms with E-state index in [2.05, 4.69) is 62.3 Å². The van der Waals surface area contributed by atoms with Crippen LogP contribution < -0.4 is 0 Å². The van der Waals surface area contributed by atoms with Crippen LogP contribution in [0.2, 0.25) is 0 Å². The van der Waals surface area contributed by atoms with Crippen LogP contribution in [0.4, 0.5) is 0 Å². The van der Waals surface area contributed by atoms with Crippen molar-refractivity contribution < 1.29 is 9.84 Å². The van der Waals surface area contributed by atoms with Crippen molar-refractivity contribution in [3.8, 4) is 0 Å². The van der Waals surface area contributed by atoms with Gasteiger partial charge in [-0.1, -0.05) is 88.0 Å². The van der Waals surface area contributed by atoms with Crippen molar-refractivity contribution in [1.82, 2.24) is 0 Å². The van der Waals surface area contributed by atoms with E-state index < -0.39 is 0 Å². The van der Waals surface area contributed by atoms with E-state index in [4.69, 9.17) is 4.74 Å². The summed E-state index contributed by atoms with van der Waals surface area (Å²) >= 11 is 0. The van der Waals surface area contributed by atoms with Gasteiger partial charge in [-0.05, 0) is 121 Å². The molecule has 2 nitrogen and oxygen atoms in total. The molecule has 0 aliphatic heterocycles. The van der Waals surface area contributed by atoms with Gasteiger partial charge in [0.1, 0.15) is 0 Å². The van der Waals surface area contributed by atoms with E-state index in [1.54, 1.807) is 12.8 Å². The Kier molecular flexibility index (Phi) is 12.1. The molecule has 0 spiro atoms. The summed E-state index contributed by atoms with van der Waals surface area (Å²) in [5.74, 6) is 8.40. The molecule has 4 fully saturated rings. The van der Waals surface area contributed by atoms with Gasteiger partial charge in [-0.25, -0.2) is 0 Å². The molecular formula is C36H68O2. The third-order valence-corrected chi connectivity index (χ3v) is 12.6. The smallest absolute Gasteiger partial charge is 0.0489 e. The summed E-state index contributed by atoms with van der Waals surface area (Å²) in [6.07, 6.45) is 17.9. The van der Waals surface area contributed by atoms with Crippen LogP contribution in [0.25, 0.3) is 0 Å². The lowest BCUT2D eigenvalue weighted by Crippen LogP contribution is -2.53. The van der Waals surface area contributed by atoms with Gasteiger partial charge < -0.3 is 9.84 Å². The van der Waals surface area contributed by atoms with E-state index >= 15 is 0 Å². The number of hydrogen-bond acceptors (Lipinski definition) is 2. The van der Waals surface area contributed by atoms with Gasteiger partial charge in [0, 0.05) is 19.8 Å². The van der Waals surface area contributed by atoms with Crippen LogP contribution in [0, 0.1) is 70.0 Å². The number of hydrogen-bond donors (Lipinski definition) is 1. The van der Waals surface area contributed by atoms with E-state index in [0.717, 1.165) is 48.7 Å². The topological polar surface area (TPSA) is 29.5 Å². The summed E-state index contributed by atoms with van der Waals surface area (Å²) in [7, 11) is 0. The molecule has 4 aliphatic rings. The van der Waals surface area contributed by atoms with Crippen molar-refractivity contribution in [3.05, 3.63) is 0 Å². The average Bonchev–Trinajstić information content (AvgIpc) is 3.23. The van der Waals surface area contributed by atoms with Crippen molar-refractivity contribution >= 4 is 0 Å². The molecule has 0 aromatic heterocycles. The third kappa shape index (κ3) is 7.40.